The van der Waals surface area contributed by atoms with Crippen molar-refractivity contribution in [2.24, 2.45) is 0 Å². The molecule has 0 amide bonds. The Hall–Kier alpha value is -2.58. The SMILES string of the molecule is N#Cc1ccc(OCC(O)c2cccc(N)c2)c(F)c1. The number of nitriles is 1. The minimum atomic E-state index is -0.909. The fourth-order valence-electron chi connectivity index (χ4n) is 1.72. The molecule has 0 aliphatic rings. The molecule has 102 valence electrons. The zero-order valence-electron chi connectivity index (χ0n) is 10.6. The van der Waals surface area contributed by atoms with Crippen molar-refractivity contribution in [1.82, 2.24) is 0 Å². The molecule has 0 aliphatic carbocycles. The summed E-state index contributed by atoms with van der Waals surface area (Å²) in [4.78, 5) is 0. The zero-order chi connectivity index (χ0) is 14.5. The van der Waals surface area contributed by atoms with E-state index in [1.165, 1.54) is 12.1 Å². The average molecular weight is 272 g/mol. The van der Waals surface area contributed by atoms with E-state index in [0.29, 0.717) is 11.3 Å². The fraction of sp³-hybridized carbons (Fsp3) is 0.133. The van der Waals surface area contributed by atoms with Gasteiger partial charge in [0, 0.05) is 5.69 Å². The van der Waals surface area contributed by atoms with E-state index in [1.807, 2.05) is 6.07 Å². The number of hydrogen-bond donors (Lipinski definition) is 2. The topological polar surface area (TPSA) is 79.3 Å². The van der Waals surface area contributed by atoms with Crippen LogP contribution < -0.4 is 10.5 Å². The van der Waals surface area contributed by atoms with Gasteiger partial charge >= 0.3 is 0 Å². The fourth-order valence-corrected chi connectivity index (χ4v) is 1.72. The van der Waals surface area contributed by atoms with Crippen molar-refractivity contribution in [3.05, 3.63) is 59.4 Å². The van der Waals surface area contributed by atoms with Crippen LogP contribution in [0.25, 0.3) is 0 Å². The molecule has 4 nitrogen and oxygen atoms in total. The third-order valence-electron chi connectivity index (χ3n) is 2.75. The first kappa shape index (κ1) is 13.8. The Balaban J connectivity index is 2.04. The quantitative estimate of drug-likeness (QED) is 0.837. The number of halogens is 1. The van der Waals surface area contributed by atoms with Crippen molar-refractivity contribution in [2.75, 3.05) is 12.3 Å². The molecule has 2 aromatic rings. The molecule has 2 aromatic carbocycles. The highest BCUT2D eigenvalue weighted by Gasteiger charge is 2.11. The lowest BCUT2D eigenvalue weighted by Crippen LogP contribution is -2.10. The summed E-state index contributed by atoms with van der Waals surface area (Å²) in [5.41, 5.74) is 6.96. The van der Waals surface area contributed by atoms with Gasteiger partial charge < -0.3 is 15.6 Å². The van der Waals surface area contributed by atoms with Gasteiger partial charge in [0.25, 0.3) is 0 Å². The van der Waals surface area contributed by atoms with E-state index in [4.69, 9.17) is 15.7 Å². The van der Waals surface area contributed by atoms with Crippen LogP contribution >= 0.6 is 0 Å². The summed E-state index contributed by atoms with van der Waals surface area (Å²) >= 11 is 0. The minimum Gasteiger partial charge on any atom is -0.487 e. The number of ether oxygens (including phenoxy) is 1. The predicted molar refractivity (Wildman–Crippen MR) is 72.4 cm³/mol. The molecule has 0 bridgehead atoms. The van der Waals surface area contributed by atoms with Gasteiger partial charge in [-0.3, -0.25) is 0 Å². The highest BCUT2D eigenvalue weighted by Crippen LogP contribution is 2.21. The number of rotatable bonds is 4. The molecule has 1 atom stereocenters. The van der Waals surface area contributed by atoms with Crippen LogP contribution in [-0.2, 0) is 0 Å². The molecule has 0 spiro atoms. The number of benzene rings is 2. The molecule has 0 aromatic heterocycles. The van der Waals surface area contributed by atoms with Gasteiger partial charge in [0.05, 0.1) is 11.6 Å². The first-order valence-electron chi connectivity index (χ1n) is 5.96. The lowest BCUT2D eigenvalue weighted by atomic mass is 10.1. The van der Waals surface area contributed by atoms with Crippen molar-refractivity contribution in [1.29, 1.82) is 5.26 Å². The molecule has 3 N–H and O–H groups in total. The number of aliphatic hydroxyl groups is 1. The zero-order valence-corrected chi connectivity index (χ0v) is 10.6. The number of nitrogens with two attached hydrogens (primary N) is 1. The third kappa shape index (κ3) is 3.25. The summed E-state index contributed by atoms with van der Waals surface area (Å²) < 4.78 is 18.8. The van der Waals surface area contributed by atoms with E-state index < -0.39 is 11.9 Å². The van der Waals surface area contributed by atoms with Gasteiger partial charge in [-0.05, 0) is 35.9 Å². The van der Waals surface area contributed by atoms with Gasteiger partial charge in [0.2, 0.25) is 0 Å². The summed E-state index contributed by atoms with van der Waals surface area (Å²) in [6.07, 6.45) is -0.909. The molecule has 0 heterocycles. The van der Waals surface area contributed by atoms with Crippen molar-refractivity contribution < 1.29 is 14.2 Å². The van der Waals surface area contributed by atoms with Crippen LogP contribution in [0.15, 0.2) is 42.5 Å². The maximum absolute atomic E-state index is 13.6. The number of hydrogen-bond acceptors (Lipinski definition) is 4. The first-order valence-corrected chi connectivity index (χ1v) is 5.96. The molecule has 0 aliphatic heterocycles. The second-order valence-corrected chi connectivity index (χ2v) is 4.25. The van der Waals surface area contributed by atoms with E-state index in [2.05, 4.69) is 0 Å². The Morgan fingerprint density at radius 1 is 1.30 bits per heavy atom. The first-order chi connectivity index (χ1) is 9.60. The molecule has 0 saturated carbocycles. The van der Waals surface area contributed by atoms with Crippen LogP contribution in [0, 0.1) is 17.1 Å². The lowest BCUT2D eigenvalue weighted by molar-refractivity contribution is 0.106. The minimum absolute atomic E-state index is 0.00745. The van der Waals surface area contributed by atoms with Crippen LogP contribution in [0.1, 0.15) is 17.2 Å². The van der Waals surface area contributed by atoms with E-state index in [0.717, 1.165) is 6.07 Å². The Bertz CT molecular complexity index is 653. The Labute approximate surface area is 115 Å². The summed E-state index contributed by atoms with van der Waals surface area (Å²) in [5.74, 6) is -0.643. The molecule has 20 heavy (non-hydrogen) atoms. The monoisotopic (exact) mass is 272 g/mol. The highest BCUT2D eigenvalue weighted by atomic mass is 19.1. The normalized spacial score (nSPS) is 11.7. The molecular weight excluding hydrogens is 259 g/mol. The van der Waals surface area contributed by atoms with Crippen molar-refractivity contribution >= 4 is 5.69 Å². The maximum Gasteiger partial charge on any atom is 0.166 e. The number of nitrogen functional groups attached to an aromatic ring is 1. The predicted octanol–water partition coefficient (Wildman–Crippen LogP) is 2.39. The maximum atomic E-state index is 13.6. The number of aliphatic hydroxyl groups excluding tert-OH is 1. The van der Waals surface area contributed by atoms with Gasteiger partial charge in [0.15, 0.2) is 11.6 Å². The Kier molecular flexibility index (Phi) is 4.18. The molecule has 5 heteroatoms. The van der Waals surface area contributed by atoms with Crippen molar-refractivity contribution in [3.8, 4) is 11.8 Å². The van der Waals surface area contributed by atoms with Gasteiger partial charge in [-0.15, -0.1) is 0 Å². The molecule has 0 fully saturated rings. The second kappa shape index (κ2) is 6.04. The van der Waals surface area contributed by atoms with Crippen LogP contribution in [0.2, 0.25) is 0 Å². The standard InChI is InChI=1S/C15H13FN2O2/c16-13-6-10(8-17)4-5-15(13)20-9-14(19)11-2-1-3-12(18)7-11/h1-7,14,19H,9,18H2. The van der Waals surface area contributed by atoms with Crippen LogP contribution in [0.3, 0.4) is 0 Å². The lowest BCUT2D eigenvalue weighted by Gasteiger charge is -2.13. The van der Waals surface area contributed by atoms with Crippen LogP contribution in [-0.4, -0.2) is 11.7 Å². The van der Waals surface area contributed by atoms with Gasteiger partial charge in [0.1, 0.15) is 12.7 Å². The molecular formula is C15H13FN2O2. The Morgan fingerprint density at radius 3 is 2.75 bits per heavy atom. The van der Waals surface area contributed by atoms with E-state index in [1.54, 1.807) is 24.3 Å². The molecule has 1 unspecified atom stereocenters. The van der Waals surface area contributed by atoms with Crippen molar-refractivity contribution in [2.45, 2.75) is 6.10 Å². The van der Waals surface area contributed by atoms with Crippen LogP contribution in [0.5, 0.6) is 5.75 Å². The molecule has 2 rings (SSSR count). The molecule has 0 saturated heterocycles. The smallest absolute Gasteiger partial charge is 0.166 e. The highest BCUT2D eigenvalue weighted by molar-refractivity contribution is 5.41. The summed E-state index contributed by atoms with van der Waals surface area (Å²) in [7, 11) is 0. The third-order valence-corrected chi connectivity index (χ3v) is 2.75. The summed E-state index contributed by atoms with van der Waals surface area (Å²) in [5, 5.41) is 18.6. The second-order valence-electron chi connectivity index (χ2n) is 4.25. The van der Waals surface area contributed by atoms with E-state index >= 15 is 0 Å². The van der Waals surface area contributed by atoms with Gasteiger partial charge in [-0.1, -0.05) is 12.1 Å². The molecule has 0 radical (unpaired) electrons. The number of nitrogens with zero attached hydrogens (tertiary/aromatic N) is 1. The van der Waals surface area contributed by atoms with Gasteiger partial charge in [-0.2, -0.15) is 5.26 Å². The van der Waals surface area contributed by atoms with Gasteiger partial charge in [-0.25, -0.2) is 4.39 Å². The largest absolute Gasteiger partial charge is 0.487 e. The summed E-state index contributed by atoms with van der Waals surface area (Å²) in [6.45, 7) is -0.105. The Morgan fingerprint density at radius 2 is 2.10 bits per heavy atom. The van der Waals surface area contributed by atoms with Crippen LogP contribution in [0.4, 0.5) is 10.1 Å². The average Bonchev–Trinajstić information content (AvgIpc) is 2.45. The number of anilines is 1. The van der Waals surface area contributed by atoms with E-state index in [9.17, 15) is 9.50 Å². The van der Waals surface area contributed by atoms with Crippen molar-refractivity contribution in [3.63, 3.8) is 0 Å². The summed E-state index contributed by atoms with van der Waals surface area (Å²) in [6, 6.07) is 12.5. The van der Waals surface area contributed by atoms with E-state index in [-0.39, 0.29) is 17.9 Å².